The van der Waals surface area contributed by atoms with Gasteiger partial charge in [-0.25, -0.2) is 4.79 Å². The SMILES string of the molecule is O=C1[CH]COC1=O. The number of carbonyl (C=O) groups excluding carboxylic acids is 2. The van der Waals surface area contributed by atoms with Crippen molar-refractivity contribution in [1.29, 1.82) is 0 Å². The Balaban J connectivity index is 2.65. The predicted octanol–water partition coefficient (Wildman–Crippen LogP) is -0.683. The van der Waals surface area contributed by atoms with Crippen LogP contribution in [0.3, 0.4) is 0 Å². The molecule has 1 heterocycles. The highest BCUT2D eigenvalue weighted by Gasteiger charge is 2.22. The summed E-state index contributed by atoms with van der Waals surface area (Å²) in [5.74, 6) is -1.26. The number of esters is 1. The van der Waals surface area contributed by atoms with Gasteiger partial charge >= 0.3 is 5.97 Å². The molecule has 7 heavy (non-hydrogen) atoms. The minimum absolute atomic E-state index is 0.150. The van der Waals surface area contributed by atoms with Crippen LogP contribution in [0.5, 0.6) is 0 Å². The Labute approximate surface area is 40.3 Å². The van der Waals surface area contributed by atoms with Crippen LogP contribution < -0.4 is 0 Å². The average molecular weight is 99.1 g/mol. The summed E-state index contributed by atoms with van der Waals surface area (Å²) in [6.45, 7) is 0.150. The van der Waals surface area contributed by atoms with Crippen molar-refractivity contribution >= 4 is 11.8 Å². The quantitative estimate of drug-likeness (QED) is 0.298. The summed E-state index contributed by atoms with van der Waals surface area (Å²) in [7, 11) is 0. The first kappa shape index (κ1) is 4.30. The third-order valence-corrected chi connectivity index (χ3v) is 0.684. The zero-order valence-electron chi connectivity index (χ0n) is 3.51. The fourth-order valence-electron chi connectivity index (χ4n) is 0.348. The summed E-state index contributed by atoms with van der Waals surface area (Å²) in [4.78, 5) is 20.0. The largest absolute Gasteiger partial charge is 0.459 e. The zero-order chi connectivity index (χ0) is 5.28. The van der Waals surface area contributed by atoms with E-state index >= 15 is 0 Å². The van der Waals surface area contributed by atoms with Crippen molar-refractivity contribution in [2.45, 2.75) is 0 Å². The van der Waals surface area contributed by atoms with E-state index in [1.165, 1.54) is 6.42 Å². The Morgan fingerprint density at radius 2 is 2.29 bits per heavy atom. The highest BCUT2D eigenvalue weighted by atomic mass is 16.5. The van der Waals surface area contributed by atoms with Crippen LogP contribution in [0.15, 0.2) is 0 Å². The van der Waals surface area contributed by atoms with Gasteiger partial charge in [0.1, 0.15) is 6.61 Å². The lowest BCUT2D eigenvalue weighted by atomic mass is 10.3. The van der Waals surface area contributed by atoms with Crippen LogP contribution in [-0.4, -0.2) is 18.4 Å². The van der Waals surface area contributed by atoms with E-state index in [0.717, 1.165) is 0 Å². The molecule has 1 fully saturated rings. The fourth-order valence-corrected chi connectivity index (χ4v) is 0.348. The van der Waals surface area contributed by atoms with Gasteiger partial charge in [-0.1, -0.05) is 0 Å². The van der Waals surface area contributed by atoms with E-state index in [1.54, 1.807) is 0 Å². The first-order valence-electron chi connectivity index (χ1n) is 1.85. The van der Waals surface area contributed by atoms with Gasteiger partial charge in [0.15, 0.2) is 0 Å². The van der Waals surface area contributed by atoms with Gasteiger partial charge in [0.25, 0.3) is 0 Å². The Morgan fingerprint density at radius 3 is 2.43 bits per heavy atom. The van der Waals surface area contributed by atoms with Gasteiger partial charge < -0.3 is 4.74 Å². The Morgan fingerprint density at radius 1 is 1.57 bits per heavy atom. The van der Waals surface area contributed by atoms with Gasteiger partial charge in [0.2, 0.25) is 5.78 Å². The van der Waals surface area contributed by atoms with Gasteiger partial charge in [0.05, 0.1) is 6.42 Å². The van der Waals surface area contributed by atoms with Gasteiger partial charge in [-0.2, -0.15) is 0 Å². The van der Waals surface area contributed by atoms with Crippen molar-refractivity contribution in [2.75, 3.05) is 6.61 Å². The molecule has 1 saturated heterocycles. The van der Waals surface area contributed by atoms with E-state index < -0.39 is 11.8 Å². The highest BCUT2D eigenvalue weighted by Crippen LogP contribution is 1.95. The highest BCUT2D eigenvalue weighted by molar-refractivity contribution is 6.38. The fraction of sp³-hybridized carbons (Fsp3) is 0.250. The summed E-state index contributed by atoms with van der Waals surface area (Å²) in [6.07, 6.45) is 1.21. The molecule has 1 radical (unpaired) electrons. The van der Waals surface area contributed by atoms with Gasteiger partial charge in [-0.3, -0.25) is 4.79 Å². The van der Waals surface area contributed by atoms with Crippen molar-refractivity contribution < 1.29 is 14.3 Å². The molecule has 0 aromatic heterocycles. The Kier molecular flexibility index (Phi) is 0.817. The third kappa shape index (κ3) is 0.607. The molecule has 1 aliphatic heterocycles. The summed E-state index contributed by atoms with van der Waals surface area (Å²) in [5.41, 5.74) is 0. The average Bonchev–Trinajstić information content (AvgIpc) is 1.91. The standard InChI is InChI=1S/C4H3O3/c5-3-1-2-7-4(3)6/h1H,2H2. The molecule has 3 heteroatoms. The molecule has 0 aromatic carbocycles. The third-order valence-electron chi connectivity index (χ3n) is 0.684. The molecule has 0 atom stereocenters. The van der Waals surface area contributed by atoms with Crippen LogP contribution in [0.4, 0.5) is 0 Å². The van der Waals surface area contributed by atoms with Crippen LogP contribution >= 0.6 is 0 Å². The van der Waals surface area contributed by atoms with Crippen molar-refractivity contribution in [1.82, 2.24) is 0 Å². The van der Waals surface area contributed by atoms with E-state index in [0.29, 0.717) is 0 Å². The van der Waals surface area contributed by atoms with Crippen molar-refractivity contribution in [3.63, 3.8) is 0 Å². The van der Waals surface area contributed by atoms with Gasteiger partial charge in [-0.05, 0) is 0 Å². The molecular formula is C4H3O3. The van der Waals surface area contributed by atoms with Crippen molar-refractivity contribution in [3.8, 4) is 0 Å². The molecule has 0 spiro atoms. The summed E-state index contributed by atoms with van der Waals surface area (Å²) in [6, 6.07) is 0. The molecule has 1 rings (SSSR count). The zero-order valence-corrected chi connectivity index (χ0v) is 3.51. The lowest BCUT2D eigenvalue weighted by Crippen LogP contribution is -2.03. The summed E-state index contributed by atoms with van der Waals surface area (Å²) in [5, 5.41) is 0. The van der Waals surface area contributed by atoms with Crippen LogP contribution in [0.25, 0.3) is 0 Å². The number of hydrogen-bond acceptors (Lipinski definition) is 3. The van der Waals surface area contributed by atoms with Crippen LogP contribution in [0, 0.1) is 6.42 Å². The Hall–Kier alpha value is -0.860. The summed E-state index contributed by atoms with van der Waals surface area (Å²) >= 11 is 0. The number of carbonyl (C=O) groups is 2. The molecule has 0 unspecified atom stereocenters. The number of ether oxygens (including phenoxy) is 1. The van der Waals surface area contributed by atoms with Gasteiger partial charge in [-0.15, -0.1) is 0 Å². The lowest BCUT2D eigenvalue weighted by molar-refractivity contribution is -0.146. The number of Topliss-reactive ketones (excluding diaryl/α,β-unsaturated/α-hetero) is 1. The second-order valence-corrected chi connectivity index (χ2v) is 1.17. The molecule has 3 nitrogen and oxygen atoms in total. The van der Waals surface area contributed by atoms with E-state index in [2.05, 4.69) is 4.74 Å². The molecule has 0 N–H and O–H groups in total. The number of rotatable bonds is 0. The van der Waals surface area contributed by atoms with Crippen LogP contribution in [0.1, 0.15) is 0 Å². The molecule has 0 aliphatic carbocycles. The lowest BCUT2D eigenvalue weighted by Gasteiger charge is -1.79. The van der Waals surface area contributed by atoms with Gasteiger partial charge in [0, 0.05) is 0 Å². The molecule has 0 aromatic rings. The first-order chi connectivity index (χ1) is 3.30. The van der Waals surface area contributed by atoms with Crippen LogP contribution in [0.2, 0.25) is 0 Å². The van der Waals surface area contributed by atoms with E-state index in [-0.39, 0.29) is 6.61 Å². The normalized spacial score (nSPS) is 20.0. The second kappa shape index (κ2) is 1.33. The van der Waals surface area contributed by atoms with Crippen LogP contribution in [-0.2, 0) is 14.3 Å². The predicted molar refractivity (Wildman–Crippen MR) is 20.3 cm³/mol. The molecule has 0 bridgehead atoms. The van der Waals surface area contributed by atoms with E-state index in [9.17, 15) is 9.59 Å². The maximum atomic E-state index is 10.0. The van der Waals surface area contributed by atoms with Crippen molar-refractivity contribution in [2.24, 2.45) is 0 Å². The molecule has 0 saturated carbocycles. The second-order valence-electron chi connectivity index (χ2n) is 1.17. The van der Waals surface area contributed by atoms with Crippen molar-refractivity contribution in [3.05, 3.63) is 6.42 Å². The van der Waals surface area contributed by atoms with E-state index in [4.69, 9.17) is 0 Å². The number of cyclic esters (lactones) is 1. The smallest absolute Gasteiger partial charge is 0.375 e. The molecule has 37 valence electrons. The maximum Gasteiger partial charge on any atom is 0.375 e. The minimum atomic E-state index is -0.736. The topological polar surface area (TPSA) is 43.4 Å². The molecule has 0 amide bonds. The number of hydrogen-bond donors (Lipinski definition) is 0. The van der Waals surface area contributed by atoms with E-state index in [1.807, 2.05) is 0 Å². The maximum absolute atomic E-state index is 10.0. The summed E-state index contributed by atoms with van der Waals surface area (Å²) < 4.78 is 4.22. The monoisotopic (exact) mass is 99.0 g/mol. The first-order valence-corrected chi connectivity index (χ1v) is 1.85. The number of ketones is 1. The Bertz CT molecular complexity index is 102. The minimum Gasteiger partial charge on any atom is -0.459 e. The molecule has 1 aliphatic rings. The molecular weight excluding hydrogens is 96.0 g/mol.